The van der Waals surface area contributed by atoms with Gasteiger partial charge in [0.1, 0.15) is 5.75 Å². The molecule has 2 aromatic carbocycles. The van der Waals surface area contributed by atoms with E-state index in [1.54, 1.807) is 0 Å². The number of hydrogen-bond acceptors (Lipinski definition) is 2. The Kier molecular flexibility index (Phi) is 3.02. The molecule has 1 aliphatic heterocycles. The predicted octanol–water partition coefficient (Wildman–Crippen LogP) is 4.19. The highest BCUT2D eigenvalue weighted by Gasteiger charge is 2.32. The number of anilines is 1. The number of phenols is 1. The molecule has 0 spiro atoms. The summed E-state index contributed by atoms with van der Waals surface area (Å²) in [7, 11) is 2.06. The summed E-state index contributed by atoms with van der Waals surface area (Å²) in [4.78, 5) is 2.20. The first-order valence-electron chi connectivity index (χ1n) is 5.83. The fraction of sp³-hybridized carbons (Fsp3) is 0.286. The van der Waals surface area contributed by atoms with Crippen molar-refractivity contribution in [1.82, 2.24) is 0 Å². The Morgan fingerprint density at radius 2 is 1.94 bits per heavy atom. The molecule has 3 rings (SSSR count). The Hall–Kier alpha value is -0.740. The monoisotopic (exact) mass is 369 g/mol. The average Bonchev–Trinajstić information content (AvgIpc) is 2.68. The maximum Gasteiger partial charge on any atom is 0.125 e. The minimum absolute atomic E-state index is 0.238. The van der Waals surface area contributed by atoms with Crippen molar-refractivity contribution in [3.05, 3.63) is 35.9 Å². The van der Waals surface area contributed by atoms with Crippen LogP contribution < -0.4 is 4.90 Å². The molecular weight excluding hydrogens is 358 g/mol. The lowest BCUT2D eigenvalue weighted by atomic mass is 9.95. The van der Waals surface area contributed by atoms with Crippen LogP contribution in [0.5, 0.6) is 5.75 Å². The lowest BCUT2D eigenvalue weighted by molar-refractivity contribution is 0.481. The standard InChI is InChI=1S/C14H13Br2NO/c1-17-7-10(14(15)16)13-9-5-3-2-4-8(9)12(18)6-11(13)17/h2-6,10,14,18H,7H2,1H3/t10-/m1/s1. The zero-order valence-electron chi connectivity index (χ0n) is 9.90. The summed E-state index contributed by atoms with van der Waals surface area (Å²) in [5.74, 6) is 0.744. The van der Waals surface area contributed by atoms with Crippen LogP contribution in [-0.4, -0.2) is 22.4 Å². The molecule has 2 aromatic rings. The second kappa shape index (κ2) is 4.42. The van der Waals surface area contributed by atoms with Crippen molar-refractivity contribution in [2.75, 3.05) is 18.5 Å². The van der Waals surface area contributed by atoms with Crippen LogP contribution in [-0.2, 0) is 0 Å². The first-order valence-corrected chi connectivity index (χ1v) is 7.66. The summed E-state index contributed by atoms with van der Waals surface area (Å²) < 4.78 is 0.238. The summed E-state index contributed by atoms with van der Waals surface area (Å²) >= 11 is 7.26. The Morgan fingerprint density at radius 3 is 2.61 bits per heavy atom. The van der Waals surface area contributed by atoms with Crippen molar-refractivity contribution in [3.63, 3.8) is 0 Å². The Bertz CT molecular complexity index is 612. The van der Waals surface area contributed by atoms with E-state index >= 15 is 0 Å². The number of hydrogen-bond donors (Lipinski definition) is 1. The van der Waals surface area contributed by atoms with E-state index in [2.05, 4.69) is 49.9 Å². The third-order valence-electron chi connectivity index (χ3n) is 3.60. The molecule has 0 saturated carbocycles. The van der Waals surface area contributed by atoms with E-state index in [-0.39, 0.29) is 3.74 Å². The van der Waals surface area contributed by atoms with Crippen LogP contribution in [0.3, 0.4) is 0 Å². The number of likely N-dealkylation sites (N-methyl/N-ethyl adjacent to an activating group) is 1. The molecule has 4 heteroatoms. The van der Waals surface area contributed by atoms with Crippen molar-refractivity contribution in [1.29, 1.82) is 0 Å². The summed E-state index contributed by atoms with van der Waals surface area (Å²) in [6.07, 6.45) is 0. The van der Waals surface area contributed by atoms with Crippen LogP contribution in [0.2, 0.25) is 0 Å². The van der Waals surface area contributed by atoms with Crippen molar-refractivity contribution in [2.45, 2.75) is 9.65 Å². The van der Waals surface area contributed by atoms with Gasteiger partial charge in [0.15, 0.2) is 0 Å². The van der Waals surface area contributed by atoms with Gasteiger partial charge in [-0.15, -0.1) is 0 Å². The molecule has 0 saturated heterocycles. The van der Waals surface area contributed by atoms with Gasteiger partial charge in [0.2, 0.25) is 0 Å². The normalized spacial score (nSPS) is 18.7. The second-order valence-corrected chi connectivity index (χ2v) is 7.90. The maximum absolute atomic E-state index is 10.1. The van der Waals surface area contributed by atoms with Gasteiger partial charge in [-0.2, -0.15) is 0 Å². The molecule has 0 aliphatic carbocycles. The molecule has 1 N–H and O–H groups in total. The SMILES string of the molecule is CN1C[C@@H](C(Br)Br)c2c1cc(O)c1ccccc21. The number of phenolic OH excluding ortho intramolecular Hbond substituents is 1. The van der Waals surface area contributed by atoms with Gasteiger partial charge in [-0.05, 0) is 10.9 Å². The number of nitrogens with zero attached hydrogens (tertiary/aromatic N) is 1. The van der Waals surface area contributed by atoms with Gasteiger partial charge >= 0.3 is 0 Å². The fourth-order valence-electron chi connectivity index (χ4n) is 2.76. The van der Waals surface area contributed by atoms with E-state index in [1.165, 1.54) is 5.56 Å². The van der Waals surface area contributed by atoms with Crippen LogP contribution in [0.15, 0.2) is 30.3 Å². The van der Waals surface area contributed by atoms with E-state index in [1.807, 2.05) is 24.3 Å². The molecule has 0 fully saturated rings. The van der Waals surface area contributed by atoms with Crippen LogP contribution in [0.1, 0.15) is 11.5 Å². The zero-order chi connectivity index (χ0) is 12.9. The molecule has 2 nitrogen and oxygen atoms in total. The van der Waals surface area contributed by atoms with Crippen molar-refractivity contribution in [3.8, 4) is 5.75 Å². The molecule has 94 valence electrons. The fourth-order valence-corrected chi connectivity index (χ4v) is 3.62. The summed E-state index contributed by atoms with van der Waals surface area (Å²) in [5.41, 5.74) is 2.43. The van der Waals surface area contributed by atoms with Crippen molar-refractivity contribution < 1.29 is 5.11 Å². The quantitative estimate of drug-likeness (QED) is 0.760. The topological polar surface area (TPSA) is 23.5 Å². The largest absolute Gasteiger partial charge is 0.507 e. The summed E-state index contributed by atoms with van der Waals surface area (Å²) in [6, 6.07) is 9.91. The number of halogens is 2. The van der Waals surface area contributed by atoms with Gasteiger partial charge in [-0.1, -0.05) is 56.1 Å². The minimum atomic E-state index is 0.238. The molecule has 0 unspecified atom stereocenters. The van der Waals surface area contributed by atoms with E-state index in [0.29, 0.717) is 11.7 Å². The highest BCUT2D eigenvalue weighted by molar-refractivity contribution is 9.24. The van der Waals surface area contributed by atoms with Crippen LogP contribution in [0.25, 0.3) is 10.8 Å². The molecule has 1 aliphatic rings. The van der Waals surface area contributed by atoms with Gasteiger partial charge < -0.3 is 10.0 Å². The first-order chi connectivity index (χ1) is 8.59. The third-order valence-corrected chi connectivity index (χ3v) is 4.88. The summed E-state index contributed by atoms with van der Waals surface area (Å²) in [6.45, 7) is 0.948. The molecule has 1 heterocycles. The highest BCUT2D eigenvalue weighted by Crippen LogP contribution is 2.47. The number of aromatic hydroxyl groups is 1. The lowest BCUT2D eigenvalue weighted by Gasteiger charge is -2.14. The first kappa shape index (κ1) is 12.3. The molecule has 0 radical (unpaired) electrons. The molecule has 0 bridgehead atoms. The van der Waals surface area contributed by atoms with E-state index in [0.717, 1.165) is 23.0 Å². The smallest absolute Gasteiger partial charge is 0.125 e. The maximum atomic E-state index is 10.1. The Labute approximate surface area is 123 Å². The van der Waals surface area contributed by atoms with Gasteiger partial charge in [-0.25, -0.2) is 0 Å². The second-order valence-electron chi connectivity index (χ2n) is 4.70. The molecule has 0 amide bonds. The predicted molar refractivity (Wildman–Crippen MR) is 83.3 cm³/mol. The van der Waals surface area contributed by atoms with Gasteiger partial charge in [0.05, 0.1) is 3.74 Å². The third kappa shape index (κ3) is 1.74. The number of benzene rings is 2. The average molecular weight is 371 g/mol. The molecule has 18 heavy (non-hydrogen) atoms. The number of fused-ring (bicyclic) bond motifs is 3. The van der Waals surface area contributed by atoms with Crippen molar-refractivity contribution >= 4 is 48.3 Å². The van der Waals surface area contributed by atoms with E-state index in [4.69, 9.17) is 0 Å². The number of alkyl halides is 2. The van der Waals surface area contributed by atoms with Crippen LogP contribution in [0.4, 0.5) is 5.69 Å². The van der Waals surface area contributed by atoms with Crippen molar-refractivity contribution in [2.24, 2.45) is 0 Å². The molecule has 0 aromatic heterocycles. The lowest BCUT2D eigenvalue weighted by Crippen LogP contribution is -2.17. The summed E-state index contributed by atoms with van der Waals surface area (Å²) in [5, 5.41) is 12.2. The van der Waals surface area contributed by atoms with Crippen LogP contribution in [0, 0.1) is 0 Å². The minimum Gasteiger partial charge on any atom is -0.507 e. The Morgan fingerprint density at radius 1 is 1.28 bits per heavy atom. The van der Waals surface area contributed by atoms with Crippen LogP contribution >= 0.6 is 31.9 Å². The van der Waals surface area contributed by atoms with E-state index < -0.39 is 0 Å². The molecular formula is C14H13Br2NO. The Balaban J connectivity index is 2.36. The number of rotatable bonds is 1. The van der Waals surface area contributed by atoms with Gasteiger partial charge in [0.25, 0.3) is 0 Å². The van der Waals surface area contributed by atoms with Gasteiger partial charge in [-0.3, -0.25) is 0 Å². The van der Waals surface area contributed by atoms with Gasteiger partial charge in [0, 0.05) is 36.7 Å². The highest BCUT2D eigenvalue weighted by atomic mass is 79.9. The zero-order valence-corrected chi connectivity index (χ0v) is 13.1. The molecule has 1 atom stereocenters. The van der Waals surface area contributed by atoms with E-state index in [9.17, 15) is 5.11 Å².